The number of hydrogen-bond acceptors (Lipinski definition) is 5. The normalized spacial score (nSPS) is 10.7. The number of carbonyl (C=O) groups is 2. The van der Waals surface area contributed by atoms with Gasteiger partial charge in [0.1, 0.15) is 6.61 Å². The van der Waals surface area contributed by atoms with Crippen molar-refractivity contribution in [2.45, 2.75) is 12.8 Å². The fourth-order valence-corrected chi connectivity index (χ4v) is 1.43. The number of rotatable bonds is 8. The van der Waals surface area contributed by atoms with Gasteiger partial charge in [0.15, 0.2) is 11.4 Å². The van der Waals surface area contributed by atoms with Crippen LogP contribution in [0.2, 0.25) is 0 Å². The van der Waals surface area contributed by atoms with Crippen molar-refractivity contribution in [2.24, 2.45) is 0 Å². The van der Waals surface area contributed by atoms with Gasteiger partial charge in [0.25, 0.3) is 12.3 Å². The molecule has 0 aliphatic rings. The average molecular weight is 314 g/mol. The van der Waals surface area contributed by atoms with E-state index in [1.807, 2.05) is 0 Å². The Balaban J connectivity index is 2.51. The number of amides is 1. The number of halogens is 2. The molecule has 1 N–H and O–H groups in total. The molecule has 22 heavy (non-hydrogen) atoms. The molecule has 120 valence electrons. The van der Waals surface area contributed by atoms with E-state index in [1.54, 1.807) is 6.08 Å². The van der Waals surface area contributed by atoms with Gasteiger partial charge in [0.2, 0.25) is 0 Å². The van der Waals surface area contributed by atoms with Gasteiger partial charge in [-0.15, -0.1) is 0 Å². The average Bonchev–Trinajstić information content (AvgIpc) is 2.52. The third kappa shape index (κ3) is 6.29. The molecule has 1 amide bonds. The Hall–Kier alpha value is -2.51. The van der Waals surface area contributed by atoms with Gasteiger partial charge in [-0.25, -0.2) is 18.6 Å². The van der Waals surface area contributed by atoms with Gasteiger partial charge in [-0.1, -0.05) is 6.08 Å². The van der Waals surface area contributed by atoms with E-state index in [9.17, 15) is 18.4 Å². The van der Waals surface area contributed by atoms with E-state index < -0.39 is 24.9 Å². The summed E-state index contributed by atoms with van der Waals surface area (Å²) in [6.07, 6.45) is 1.91. The highest BCUT2D eigenvalue weighted by molar-refractivity contribution is 5.94. The molecule has 0 radical (unpaired) electrons. The van der Waals surface area contributed by atoms with Crippen LogP contribution in [0.5, 0.6) is 5.75 Å². The van der Waals surface area contributed by atoms with Crippen molar-refractivity contribution in [1.29, 1.82) is 0 Å². The molecule has 0 spiro atoms. The first-order valence-electron chi connectivity index (χ1n) is 6.43. The van der Waals surface area contributed by atoms with Crippen LogP contribution in [0.1, 0.15) is 16.9 Å². The Labute approximate surface area is 126 Å². The Morgan fingerprint density at radius 3 is 2.91 bits per heavy atom. The molecule has 1 heterocycles. The number of nitrogens with zero attached hydrogens (tertiary/aromatic N) is 1. The summed E-state index contributed by atoms with van der Waals surface area (Å²) >= 11 is 0. The van der Waals surface area contributed by atoms with Crippen LogP contribution in [0.4, 0.5) is 8.78 Å². The molecule has 0 bridgehead atoms. The molecular weight excluding hydrogens is 298 g/mol. The summed E-state index contributed by atoms with van der Waals surface area (Å²) in [5.41, 5.74) is -0.0694. The van der Waals surface area contributed by atoms with Gasteiger partial charge >= 0.3 is 5.97 Å². The fraction of sp³-hybridized carbons (Fsp3) is 0.357. The molecule has 1 aromatic heterocycles. The van der Waals surface area contributed by atoms with E-state index in [4.69, 9.17) is 4.74 Å². The molecule has 0 atom stereocenters. The zero-order valence-electron chi connectivity index (χ0n) is 11.9. The highest BCUT2D eigenvalue weighted by Gasteiger charge is 2.14. The van der Waals surface area contributed by atoms with Crippen LogP contribution in [0.15, 0.2) is 30.5 Å². The first-order chi connectivity index (χ1) is 10.5. The lowest BCUT2D eigenvalue weighted by molar-refractivity contribution is -0.134. The quantitative estimate of drug-likeness (QED) is 0.448. The first-order valence-corrected chi connectivity index (χ1v) is 6.43. The second kappa shape index (κ2) is 9.43. The third-order valence-electron chi connectivity index (χ3n) is 2.40. The van der Waals surface area contributed by atoms with E-state index >= 15 is 0 Å². The zero-order valence-corrected chi connectivity index (χ0v) is 11.9. The molecule has 0 saturated carbocycles. The SMILES string of the molecule is COC(=O)/C=C/CCNC(=O)c1ncccc1OCC(F)F. The molecule has 6 nitrogen and oxygen atoms in total. The topological polar surface area (TPSA) is 77.5 Å². The van der Waals surface area contributed by atoms with Crippen molar-refractivity contribution in [2.75, 3.05) is 20.3 Å². The summed E-state index contributed by atoms with van der Waals surface area (Å²) in [6, 6.07) is 2.87. The van der Waals surface area contributed by atoms with Gasteiger partial charge in [-0.2, -0.15) is 0 Å². The maximum absolute atomic E-state index is 12.1. The Morgan fingerprint density at radius 1 is 1.45 bits per heavy atom. The molecule has 1 aromatic rings. The smallest absolute Gasteiger partial charge is 0.330 e. The van der Waals surface area contributed by atoms with Crippen molar-refractivity contribution in [3.8, 4) is 5.75 Å². The molecule has 0 fully saturated rings. The van der Waals surface area contributed by atoms with Crippen LogP contribution < -0.4 is 10.1 Å². The predicted molar refractivity (Wildman–Crippen MR) is 73.8 cm³/mol. The van der Waals surface area contributed by atoms with Crippen molar-refractivity contribution < 1.29 is 27.8 Å². The highest BCUT2D eigenvalue weighted by atomic mass is 19.3. The second-order valence-electron chi connectivity index (χ2n) is 4.02. The van der Waals surface area contributed by atoms with Gasteiger partial charge in [0, 0.05) is 18.8 Å². The largest absolute Gasteiger partial charge is 0.485 e. The van der Waals surface area contributed by atoms with Crippen molar-refractivity contribution in [3.63, 3.8) is 0 Å². The summed E-state index contributed by atoms with van der Waals surface area (Å²) < 4.78 is 33.5. The van der Waals surface area contributed by atoms with Crippen LogP contribution in [0, 0.1) is 0 Å². The monoisotopic (exact) mass is 314 g/mol. The molecule has 0 aromatic carbocycles. The van der Waals surface area contributed by atoms with Crippen molar-refractivity contribution in [1.82, 2.24) is 10.3 Å². The summed E-state index contributed by atoms with van der Waals surface area (Å²) in [4.78, 5) is 26.5. The lowest BCUT2D eigenvalue weighted by atomic mass is 10.3. The van der Waals surface area contributed by atoms with Crippen LogP contribution >= 0.6 is 0 Å². The number of pyridine rings is 1. The number of methoxy groups -OCH3 is 1. The molecule has 0 saturated heterocycles. The predicted octanol–water partition coefficient (Wildman–Crippen LogP) is 1.57. The fourth-order valence-electron chi connectivity index (χ4n) is 1.43. The zero-order chi connectivity index (χ0) is 16.4. The molecule has 0 aliphatic carbocycles. The molecule has 0 unspecified atom stereocenters. The standard InChI is InChI=1S/C14H16F2N2O4/c1-21-12(19)6-2-3-7-18-14(20)13-10(5-4-8-17-13)22-9-11(15)16/h2,4-6,8,11H,3,7,9H2,1H3,(H,18,20)/b6-2+. The maximum Gasteiger partial charge on any atom is 0.330 e. The Morgan fingerprint density at radius 2 is 2.23 bits per heavy atom. The number of esters is 1. The number of ether oxygens (including phenoxy) is 2. The summed E-state index contributed by atoms with van der Waals surface area (Å²) in [5.74, 6) is -1.04. The number of nitrogens with one attached hydrogen (secondary N) is 1. The van der Waals surface area contributed by atoms with Crippen molar-refractivity contribution in [3.05, 3.63) is 36.2 Å². The van der Waals surface area contributed by atoms with Crippen molar-refractivity contribution >= 4 is 11.9 Å². The van der Waals surface area contributed by atoms with E-state index in [1.165, 1.54) is 31.5 Å². The highest BCUT2D eigenvalue weighted by Crippen LogP contribution is 2.15. The van der Waals surface area contributed by atoms with Crippen LogP contribution in [-0.4, -0.2) is 43.5 Å². The Bertz CT molecular complexity index is 535. The number of alkyl halides is 2. The van der Waals surface area contributed by atoms with E-state index in [2.05, 4.69) is 15.0 Å². The van der Waals surface area contributed by atoms with Crippen LogP contribution in [0.25, 0.3) is 0 Å². The third-order valence-corrected chi connectivity index (χ3v) is 2.40. The summed E-state index contributed by atoms with van der Waals surface area (Å²) in [5, 5.41) is 2.55. The molecule has 1 rings (SSSR count). The number of hydrogen-bond donors (Lipinski definition) is 1. The maximum atomic E-state index is 12.1. The number of aromatic nitrogens is 1. The van der Waals surface area contributed by atoms with E-state index in [-0.39, 0.29) is 18.0 Å². The minimum atomic E-state index is -2.64. The number of carbonyl (C=O) groups excluding carboxylic acids is 2. The first kappa shape index (κ1) is 17.5. The molecule has 0 aliphatic heterocycles. The Kier molecular flexibility index (Phi) is 7.52. The van der Waals surface area contributed by atoms with Gasteiger partial charge < -0.3 is 14.8 Å². The summed E-state index contributed by atoms with van der Waals surface area (Å²) in [6.45, 7) is -0.564. The van der Waals surface area contributed by atoms with Gasteiger partial charge in [-0.3, -0.25) is 4.79 Å². The lowest BCUT2D eigenvalue weighted by Gasteiger charge is -2.09. The van der Waals surface area contributed by atoms with E-state index in [0.717, 1.165) is 0 Å². The van der Waals surface area contributed by atoms with E-state index in [0.29, 0.717) is 6.42 Å². The van der Waals surface area contributed by atoms with Crippen LogP contribution in [-0.2, 0) is 9.53 Å². The lowest BCUT2D eigenvalue weighted by Crippen LogP contribution is -2.26. The second-order valence-corrected chi connectivity index (χ2v) is 4.02. The van der Waals surface area contributed by atoms with Gasteiger partial charge in [-0.05, 0) is 18.6 Å². The molecular formula is C14H16F2N2O4. The molecule has 8 heteroatoms. The summed E-state index contributed by atoms with van der Waals surface area (Å²) in [7, 11) is 1.26. The minimum Gasteiger partial charge on any atom is -0.485 e. The van der Waals surface area contributed by atoms with Crippen LogP contribution in [0.3, 0.4) is 0 Å². The minimum absolute atomic E-state index is 0.00889. The van der Waals surface area contributed by atoms with Gasteiger partial charge in [0.05, 0.1) is 7.11 Å².